The van der Waals surface area contributed by atoms with E-state index in [1.807, 2.05) is 18.2 Å². The summed E-state index contributed by atoms with van der Waals surface area (Å²) in [7, 11) is 0. The van der Waals surface area contributed by atoms with Crippen LogP contribution in [0, 0.1) is 17.7 Å². The average Bonchev–Trinajstić information content (AvgIpc) is 3.21. The maximum Gasteiger partial charge on any atom is 0.411 e. The summed E-state index contributed by atoms with van der Waals surface area (Å²) in [6, 6.07) is 10.3. The molecule has 2 atom stereocenters. The lowest BCUT2D eigenvalue weighted by atomic mass is 9.91. The third-order valence-electron chi connectivity index (χ3n) is 7.00. The van der Waals surface area contributed by atoms with Crippen LogP contribution >= 0.6 is 11.3 Å². The fourth-order valence-corrected chi connectivity index (χ4v) is 5.67. The summed E-state index contributed by atoms with van der Waals surface area (Å²) in [4.78, 5) is 18.9. The minimum atomic E-state index is -0.407. The molecule has 1 amide bonds. The number of ether oxygens (including phenoxy) is 1. The number of piperidine rings is 1. The van der Waals surface area contributed by atoms with Crippen molar-refractivity contribution in [1.82, 2.24) is 15.0 Å². The molecule has 4 aromatic rings. The van der Waals surface area contributed by atoms with Crippen LogP contribution in [0.1, 0.15) is 30.9 Å². The van der Waals surface area contributed by atoms with Crippen molar-refractivity contribution in [2.75, 3.05) is 31.6 Å². The quantitative estimate of drug-likeness (QED) is 0.385. The minimum absolute atomic E-state index is 0.303. The van der Waals surface area contributed by atoms with E-state index in [-0.39, 0.29) is 5.82 Å². The van der Waals surface area contributed by atoms with Gasteiger partial charge in [-0.3, -0.25) is 5.32 Å². The lowest BCUT2D eigenvalue weighted by molar-refractivity contribution is 0.149. The topological polar surface area (TPSA) is 80.5 Å². The number of amides is 1. The van der Waals surface area contributed by atoms with Crippen LogP contribution in [0.15, 0.2) is 46.4 Å². The molecule has 1 N–H and O–H groups in total. The highest BCUT2D eigenvalue weighted by Crippen LogP contribution is 2.41. The van der Waals surface area contributed by atoms with Gasteiger partial charge in [-0.1, -0.05) is 5.16 Å². The van der Waals surface area contributed by atoms with Crippen LogP contribution in [-0.4, -0.2) is 47.4 Å². The Morgan fingerprint density at radius 1 is 1.21 bits per heavy atom. The van der Waals surface area contributed by atoms with Gasteiger partial charge in [0, 0.05) is 29.6 Å². The second kappa shape index (κ2) is 8.96. The molecule has 1 aliphatic heterocycles. The standard InChI is InChI=1S/C25H25FN4O3S/c26-18-1-3-20-22(10-18)33-29-24(20)15-5-7-30(8-6-15)12-16-9-17(16)13-32-25(31)28-19-2-4-21-23(11-19)34-14-27-21/h1-4,10-11,14-17H,5-9,12-13H2,(H,28,31). The Bertz CT molecular complexity index is 1330. The molecule has 1 saturated carbocycles. The maximum absolute atomic E-state index is 13.4. The Kier molecular flexibility index (Phi) is 5.66. The molecule has 0 radical (unpaired) electrons. The molecule has 2 unspecified atom stereocenters. The number of nitrogens with one attached hydrogen (secondary N) is 1. The Hall–Kier alpha value is -3.04. The number of anilines is 1. The molecule has 1 saturated heterocycles. The third kappa shape index (κ3) is 4.50. The van der Waals surface area contributed by atoms with Gasteiger partial charge in [0.05, 0.1) is 28.0 Å². The number of carbonyl (C=O) groups excluding carboxylic acids is 1. The van der Waals surface area contributed by atoms with E-state index in [4.69, 9.17) is 9.26 Å². The Balaban J connectivity index is 0.938. The van der Waals surface area contributed by atoms with Gasteiger partial charge in [0.15, 0.2) is 5.58 Å². The molecular formula is C25H25FN4O3S. The van der Waals surface area contributed by atoms with Crippen LogP contribution in [0.5, 0.6) is 0 Å². The summed E-state index contributed by atoms with van der Waals surface area (Å²) in [6.45, 7) is 3.50. The van der Waals surface area contributed by atoms with Crippen molar-refractivity contribution < 1.29 is 18.4 Å². The molecule has 2 fully saturated rings. The van der Waals surface area contributed by atoms with E-state index in [0.717, 1.165) is 65.9 Å². The molecule has 9 heteroatoms. The fourth-order valence-electron chi connectivity index (χ4n) is 4.95. The Labute approximate surface area is 199 Å². The summed E-state index contributed by atoms with van der Waals surface area (Å²) >= 11 is 1.54. The number of nitrogens with zero attached hydrogens (tertiary/aromatic N) is 3. The summed E-state index contributed by atoms with van der Waals surface area (Å²) in [5, 5.41) is 7.97. The highest BCUT2D eigenvalue weighted by atomic mass is 32.1. The molecule has 1 aliphatic carbocycles. The largest absolute Gasteiger partial charge is 0.449 e. The molecule has 2 aromatic heterocycles. The number of rotatable bonds is 6. The number of benzene rings is 2. The lowest BCUT2D eigenvalue weighted by Crippen LogP contribution is -2.35. The van der Waals surface area contributed by atoms with Crippen molar-refractivity contribution in [2.45, 2.75) is 25.2 Å². The van der Waals surface area contributed by atoms with E-state index in [2.05, 4.69) is 20.4 Å². The van der Waals surface area contributed by atoms with Crippen LogP contribution in [-0.2, 0) is 4.74 Å². The van der Waals surface area contributed by atoms with Gasteiger partial charge < -0.3 is 14.2 Å². The second-order valence-electron chi connectivity index (χ2n) is 9.30. The zero-order valence-electron chi connectivity index (χ0n) is 18.6. The molecule has 2 aromatic carbocycles. The average molecular weight is 481 g/mol. The van der Waals surface area contributed by atoms with Gasteiger partial charge in [0.25, 0.3) is 0 Å². The number of likely N-dealkylation sites (tertiary alicyclic amines) is 1. The van der Waals surface area contributed by atoms with Crippen molar-refractivity contribution in [3.63, 3.8) is 0 Å². The molecule has 7 nitrogen and oxygen atoms in total. The van der Waals surface area contributed by atoms with E-state index >= 15 is 0 Å². The van der Waals surface area contributed by atoms with Crippen molar-refractivity contribution in [3.8, 4) is 0 Å². The first-order valence-corrected chi connectivity index (χ1v) is 12.5. The number of fused-ring (bicyclic) bond motifs is 2. The maximum atomic E-state index is 13.4. The Morgan fingerprint density at radius 3 is 2.97 bits per heavy atom. The number of aromatic nitrogens is 2. The third-order valence-corrected chi connectivity index (χ3v) is 7.80. The normalized spacial score (nSPS) is 21.2. The van der Waals surface area contributed by atoms with Crippen LogP contribution in [0.25, 0.3) is 21.2 Å². The van der Waals surface area contributed by atoms with Crippen LogP contribution in [0.2, 0.25) is 0 Å². The van der Waals surface area contributed by atoms with Gasteiger partial charge in [-0.25, -0.2) is 14.2 Å². The van der Waals surface area contributed by atoms with E-state index < -0.39 is 6.09 Å². The molecular weight excluding hydrogens is 455 g/mol. The summed E-state index contributed by atoms with van der Waals surface area (Å²) < 4.78 is 25.3. The molecule has 176 valence electrons. The smallest absolute Gasteiger partial charge is 0.411 e. The van der Waals surface area contributed by atoms with Gasteiger partial charge in [0.2, 0.25) is 0 Å². The molecule has 3 heterocycles. The predicted octanol–water partition coefficient (Wildman–Crippen LogP) is 5.64. The summed E-state index contributed by atoms with van der Waals surface area (Å²) in [5.74, 6) is 1.05. The van der Waals surface area contributed by atoms with Crippen molar-refractivity contribution in [2.24, 2.45) is 11.8 Å². The minimum Gasteiger partial charge on any atom is -0.449 e. The molecule has 0 spiro atoms. The zero-order valence-corrected chi connectivity index (χ0v) is 19.4. The first kappa shape index (κ1) is 21.5. The van der Waals surface area contributed by atoms with Crippen molar-refractivity contribution in [3.05, 3.63) is 53.4 Å². The highest BCUT2D eigenvalue weighted by Gasteiger charge is 2.39. The number of hydrogen-bond donors (Lipinski definition) is 1. The predicted molar refractivity (Wildman–Crippen MR) is 129 cm³/mol. The molecule has 6 rings (SSSR count). The molecule has 0 bridgehead atoms. The summed E-state index contributed by atoms with van der Waals surface area (Å²) in [6.07, 6.45) is 2.72. The molecule has 34 heavy (non-hydrogen) atoms. The molecule has 2 aliphatic rings. The lowest BCUT2D eigenvalue weighted by Gasteiger charge is -2.31. The van der Waals surface area contributed by atoms with Gasteiger partial charge in [-0.05, 0) is 74.5 Å². The highest BCUT2D eigenvalue weighted by molar-refractivity contribution is 7.16. The van der Waals surface area contributed by atoms with E-state index in [0.29, 0.717) is 29.9 Å². The zero-order chi connectivity index (χ0) is 23.1. The number of hydrogen-bond acceptors (Lipinski definition) is 7. The fraction of sp³-hybridized carbons (Fsp3) is 0.400. The SMILES string of the molecule is O=C(Nc1ccc2ncsc2c1)OCC1CC1CN1CCC(c2noc3cc(F)ccc23)CC1. The number of halogens is 1. The van der Waals surface area contributed by atoms with Crippen LogP contribution in [0.4, 0.5) is 14.9 Å². The summed E-state index contributed by atoms with van der Waals surface area (Å²) in [5.41, 5.74) is 4.92. The van der Waals surface area contributed by atoms with E-state index in [1.54, 1.807) is 22.9 Å². The number of thiazole rings is 1. The van der Waals surface area contributed by atoms with Gasteiger partial charge in [-0.15, -0.1) is 11.3 Å². The first-order chi connectivity index (χ1) is 16.6. The Morgan fingerprint density at radius 2 is 2.09 bits per heavy atom. The second-order valence-corrected chi connectivity index (χ2v) is 10.2. The monoisotopic (exact) mass is 480 g/mol. The van der Waals surface area contributed by atoms with Gasteiger partial charge >= 0.3 is 6.09 Å². The van der Waals surface area contributed by atoms with Crippen molar-refractivity contribution >= 4 is 44.3 Å². The first-order valence-electron chi connectivity index (χ1n) is 11.7. The van der Waals surface area contributed by atoms with Gasteiger partial charge in [-0.2, -0.15) is 0 Å². The van der Waals surface area contributed by atoms with E-state index in [9.17, 15) is 9.18 Å². The van der Waals surface area contributed by atoms with E-state index in [1.165, 1.54) is 12.1 Å². The van der Waals surface area contributed by atoms with Gasteiger partial charge in [0.1, 0.15) is 5.82 Å². The van der Waals surface area contributed by atoms with Crippen molar-refractivity contribution in [1.29, 1.82) is 0 Å². The number of carbonyl (C=O) groups is 1. The van der Waals surface area contributed by atoms with Crippen LogP contribution < -0.4 is 5.32 Å². The van der Waals surface area contributed by atoms with Crippen LogP contribution in [0.3, 0.4) is 0 Å².